The minimum Gasteiger partial charge on any atom is -0.396 e. The van der Waals surface area contributed by atoms with E-state index in [1.807, 2.05) is 41.8 Å². The first-order valence-electron chi connectivity index (χ1n) is 10.8. The highest BCUT2D eigenvalue weighted by molar-refractivity contribution is 5.82. The molecule has 1 saturated heterocycles. The second kappa shape index (κ2) is 8.38. The van der Waals surface area contributed by atoms with E-state index in [4.69, 9.17) is 4.98 Å². The van der Waals surface area contributed by atoms with Crippen molar-refractivity contribution >= 4 is 16.7 Å². The fourth-order valence-corrected chi connectivity index (χ4v) is 4.52. The largest absolute Gasteiger partial charge is 0.396 e. The van der Waals surface area contributed by atoms with Crippen molar-refractivity contribution in [3.63, 3.8) is 0 Å². The van der Waals surface area contributed by atoms with E-state index in [0.717, 1.165) is 47.4 Å². The van der Waals surface area contributed by atoms with Crippen molar-refractivity contribution in [2.75, 3.05) is 18.1 Å². The van der Waals surface area contributed by atoms with Crippen LogP contribution in [0.5, 0.6) is 0 Å². The van der Waals surface area contributed by atoms with Gasteiger partial charge in [-0.3, -0.25) is 9.67 Å². The number of pyridine rings is 1. The molecular formula is C24H22N8O. The Labute approximate surface area is 190 Å². The number of imidazole rings is 1. The molecule has 164 valence electrons. The number of fused-ring (bicyclic) bond motifs is 1. The molecule has 33 heavy (non-hydrogen) atoms. The minimum atomic E-state index is -0.0969. The molecule has 0 bridgehead atoms. The second-order valence-corrected chi connectivity index (χ2v) is 8.10. The Hall–Kier alpha value is -4.21. The summed E-state index contributed by atoms with van der Waals surface area (Å²) in [6, 6.07) is 14.2. The van der Waals surface area contributed by atoms with Crippen LogP contribution in [0.1, 0.15) is 29.8 Å². The van der Waals surface area contributed by atoms with Gasteiger partial charge in [0.25, 0.3) is 0 Å². The number of aliphatic hydroxyl groups excluding tert-OH is 1. The lowest BCUT2D eigenvalue weighted by Crippen LogP contribution is -2.27. The first-order valence-corrected chi connectivity index (χ1v) is 10.8. The smallest absolute Gasteiger partial charge is 0.171 e. The molecule has 0 unspecified atom stereocenters. The number of nitrogens with zero attached hydrogens (tertiary/aromatic N) is 7. The Morgan fingerprint density at radius 3 is 2.91 bits per heavy atom. The van der Waals surface area contributed by atoms with E-state index >= 15 is 0 Å². The quantitative estimate of drug-likeness (QED) is 0.490. The molecule has 3 aromatic heterocycles. The topological polar surface area (TPSA) is 130 Å². The average Bonchev–Trinajstić information content (AvgIpc) is 3.57. The molecule has 4 heterocycles. The second-order valence-electron chi connectivity index (χ2n) is 8.10. The highest BCUT2D eigenvalue weighted by atomic mass is 16.2. The van der Waals surface area contributed by atoms with Gasteiger partial charge in [-0.2, -0.15) is 15.6 Å². The number of aromatic amines is 1. The zero-order chi connectivity index (χ0) is 22.9. The molecule has 9 nitrogen and oxygen atoms in total. The predicted octanol–water partition coefficient (Wildman–Crippen LogP) is 3.02. The standard InChI is InChI=1S/C24H22N8O/c1-15-23(20(13-26)30-29-15)24-16(8-10-33)4-7-22(28-24)32-14-27-19-11-17(5-6-21(19)32)31-9-2-3-18(31)12-25/h4-7,11,14,18,33H,2-3,8-10H2,1H3,(H,29,30)/t18-/m0/s1. The van der Waals surface area contributed by atoms with E-state index in [2.05, 4.69) is 32.2 Å². The molecule has 1 atom stereocenters. The first kappa shape index (κ1) is 20.7. The lowest BCUT2D eigenvalue weighted by Gasteiger charge is -2.21. The Morgan fingerprint density at radius 2 is 2.12 bits per heavy atom. The van der Waals surface area contributed by atoms with Gasteiger partial charge in [-0.25, -0.2) is 9.97 Å². The number of rotatable bonds is 5. The number of benzene rings is 1. The molecule has 1 aliphatic heterocycles. The van der Waals surface area contributed by atoms with Gasteiger partial charge >= 0.3 is 0 Å². The van der Waals surface area contributed by atoms with Crippen molar-refractivity contribution in [3.8, 4) is 29.2 Å². The zero-order valence-corrected chi connectivity index (χ0v) is 18.2. The number of aromatic nitrogens is 5. The van der Waals surface area contributed by atoms with Crippen molar-refractivity contribution in [1.82, 2.24) is 24.7 Å². The van der Waals surface area contributed by atoms with Gasteiger partial charge < -0.3 is 10.0 Å². The summed E-state index contributed by atoms with van der Waals surface area (Å²) in [4.78, 5) is 11.6. The Kier molecular flexibility index (Phi) is 5.25. The zero-order valence-electron chi connectivity index (χ0n) is 18.2. The maximum atomic E-state index is 9.53. The highest BCUT2D eigenvalue weighted by Gasteiger charge is 2.25. The third kappa shape index (κ3) is 3.49. The van der Waals surface area contributed by atoms with Crippen LogP contribution in [0.2, 0.25) is 0 Å². The molecule has 0 radical (unpaired) electrons. The predicted molar refractivity (Wildman–Crippen MR) is 123 cm³/mol. The van der Waals surface area contributed by atoms with Gasteiger partial charge in [-0.15, -0.1) is 0 Å². The van der Waals surface area contributed by atoms with Crippen LogP contribution < -0.4 is 4.90 Å². The lowest BCUT2D eigenvalue weighted by molar-refractivity contribution is 0.299. The molecule has 9 heteroatoms. The number of aryl methyl sites for hydroxylation is 1. The SMILES string of the molecule is Cc1[nH]nc(C#N)c1-c1nc(-n2cnc3cc(N4CCC[C@H]4C#N)ccc32)ccc1CCO. The van der Waals surface area contributed by atoms with Gasteiger partial charge in [0.1, 0.15) is 24.3 Å². The van der Waals surface area contributed by atoms with Crippen LogP contribution in [-0.4, -0.2) is 49.0 Å². The molecule has 0 aliphatic carbocycles. The number of hydrogen-bond donors (Lipinski definition) is 2. The number of nitrogens with one attached hydrogen (secondary N) is 1. The van der Waals surface area contributed by atoms with Crippen molar-refractivity contribution in [2.24, 2.45) is 0 Å². The van der Waals surface area contributed by atoms with Gasteiger partial charge in [0.15, 0.2) is 5.69 Å². The summed E-state index contributed by atoms with van der Waals surface area (Å²) in [7, 11) is 0. The van der Waals surface area contributed by atoms with Gasteiger partial charge in [-0.05, 0) is 56.0 Å². The lowest BCUT2D eigenvalue weighted by atomic mass is 10.0. The molecule has 0 spiro atoms. The molecular weight excluding hydrogens is 416 g/mol. The maximum absolute atomic E-state index is 9.53. The Balaban J connectivity index is 1.60. The summed E-state index contributed by atoms with van der Waals surface area (Å²) in [5.41, 5.74) is 5.83. The summed E-state index contributed by atoms with van der Waals surface area (Å²) in [5, 5.41) is 35.4. The van der Waals surface area contributed by atoms with Crippen molar-refractivity contribution in [3.05, 3.63) is 53.6 Å². The van der Waals surface area contributed by atoms with Crippen molar-refractivity contribution in [1.29, 1.82) is 10.5 Å². The maximum Gasteiger partial charge on any atom is 0.171 e. The first-order chi connectivity index (χ1) is 16.1. The van der Waals surface area contributed by atoms with E-state index in [-0.39, 0.29) is 18.3 Å². The number of aliphatic hydroxyl groups is 1. The van der Waals surface area contributed by atoms with Crippen LogP contribution in [0.25, 0.3) is 28.1 Å². The van der Waals surface area contributed by atoms with E-state index in [0.29, 0.717) is 23.5 Å². The van der Waals surface area contributed by atoms with Gasteiger partial charge in [0, 0.05) is 24.5 Å². The summed E-state index contributed by atoms with van der Waals surface area (Å²) in [6.07, 6.45) is 4.04. The summed E-state index contributed by atoms with van der Waals surface area (Å²) >= 11 is 0. The van der Waals surface area contributed by atoms with Crippen LogP contribution in [-0.2, 0) is 6.42 Å². The minimum absolute atomic E-state index is 0.0240. The van der Waals surface area contributed by atoms with Crippen LogP contribution in [0.3, 0.4) is 0 Å². The molecule has 5 rings (SSSR count). The fourth-order valence-electron chi connectivity index (χ4n) is 4.52. The summed E-state index contributed by atoms with van der Waals surface area (Å²) < 4.78 is 1.90. The third-order valence-corrected chi connectivity index (χ3v) is 6.15. The van der Waals surface area contributed by atoms with Gasteiger partial charge in [0.05, 0.1) is 28.4 Å². The van der Waals surface area contributed by atoms with Crippen LogP contribution >= 0.6 is 0 Å². The summed E-state index contributed by atoms with van der Waals surface area (Å²) in [5.74, 6) is 0.655. The monoisotopic (exact) mass is 438 g/mol. The van der Waals surface area contributed by atoms with Gasteiger partial charge in [-0.1, -0.05) is 6.07 Å². The van der Waals surface area contributed by atoms with Crippen LogP contribution in [0.15, 0.2) is 36.7 Å². The number of H-pyrrole nitrogens is 1. The molecule has 1 aliphatic rings. The van der Waals surface area contributed by atoms with Crippen molar-refractivity contribution in [2.45, 2.75) is 32.2 Å². The fraction of sp³-hybridized carbons (Fsp3) is 0.292. The molecule has 1 aromatic carbocycles. The van der Waals surface area contributed by atoms with Gasteiger partial charge in [0.2, 0.25) is 0 Å². The third-order valence-electron chi connectivity index (χ3n) is 6.15. The van der Waals surface area contributed by atoms with Crippen molar-refractivity contribution < 1.29 is 5.11 Å². The van der Waals surface area contributed by atoms with E-state index in [1.165, 1.54) is 0 Å². The molecule has 2 N–H and O–H groups in total. The molecule has 0 amide bonds. The Morgan fingerprint density at radius 1 is 1.24 bits per heavy atom. The number of nitriles is 2. The Bertz CT molecular complexity index is 1420. The molecule has 4 aromatic rings. The summed E-state index contributed by atoms with van der Waals surface area (Å²) in [6.45, 7) is 2.69. The van der Waals surface area contributed by atoms with E-state index in [1.54, 1.807) is 6.33 Å². The normalized spacial score (nSPS) is 15.6. The van der Waals surface area contributed by atoms with E-state index < -0.39 is 0 Å². The molecule has 0 saturated carbocycles. The molecule has 1 fully saturated rings. The van der Waals surface area contributed by atoms with E-state index in [9.17, 15) is 15.6 Å². The number of hydrogen-bond acceptors (Lipinski definition) is 7. The van der Waals surface area contributed by atoms with Crippen LogP contribution in [0.4, 0.5) is 5.69 Å². The van der Waals surface area contributed by atoms with Crippen LogP contribution in [0, 0.1) is 29.6 Å². The number of anilines is 1. The highest BCUT2D eigenvalue weighted by Crippen LogP contribution is 2.31. The average molecular weight is 438 g/mol.